The van der Waals surface area contributed by atoms with Crippen LogP contribution in [0.25, 0.3) is 0 Å². The van der Waals surface area contributed by atoms with E-state index in [0.717, 1.165) is 42.7 Å². The Labute approximate surface area is 227 Å². The first-order valence-corrected chi connectivity index (χ1v) is 14.7. The summed E-state index contributed by atoms with van der Waals surface area (Å²) in [5.41, 5.74) is 0.716. The molecule has 1 fully saturated rings. The third kappa shape index (κ3) is 7.51. The number of hydrogen-bond donors (Lipinski definition) is 1. The number of sulfonamides is 1. The molecule has 1 N–H and O–H groups in total. The quantitative estimate of drug-likeness (QED) is 0.442. The normalized spacial score (nSPS) is 15.2. The minimum absolute atomic E-state index is 0.0264. The molecule has 36 heavy (non-hydrogen) atoms. The second-order valence-electron chi connectivity index (χ2n) is 9.00. The molecule has 2 amide bonds. The maximum Gasteiger partial charge on any atom is 0.244 e. The molecule has 0 radical (unpaired) electrons. The van der Waals surface area contributed by atoms with Crippen LogP contribution < -0.4 is 9.62 Å². The largest absolute Gasteiger partial charge is 0.352 e. The number of halogens is 3. The lowest BCUT2D eigenvalue weighted by atomic mass is 9.95. The fourth-order valence-corrected chi connectivity index (χ4v) is 5.72. The zero-order chi connectivity index (χ0) is 26.5. The van der Waals surface area contributed by atoms with Gasteiger partial charge in [0, 0.05) is 22.6 Å². The second kappa shape index (κ2) is 12.5. The van der Waals surface area contributed by atoms with Gasteiger partial charge in [-0.05, 0) is 49.6 Å². The highest BCUT2D eigenvalue weighted by atomic mass is 35.5. The highest BCUT2D eigenvalue weighted by Gasteiger charge is 2.32. The van der Waals surface area contributed by atoms with Gasteiger partial charge < -0.3 is 10.2 Å². The third-order valence-corrected chi connectivity index (χ3v) is 8.32. The first kappa shape index (κ1) is 28.6. The van der Waals surface area contributed by atoms with E-state index in [1.54, 1.807) is 31.2 Å². The van der Waals surface area contributed by atoms with E-state index in [1.807, 2.05) is 0 Å². The molecule has 0 spiro atoms. The number of benzene rings is 2. The van der Waals surface area contributed by atoms with E-state index in [2.05, 4.69) is 5.32 Å². The van der Waals surface area contributed by atoms with Crippen molar-refractivity contribution in [1.82, 2.24) is 10.2 Å². The predicted octanol–water partition coefficient (Wildman–Crippen LogP) is 5.28. The van der Waals surface area contributed by atoms with Crippen LogP contribution in [0, 0.1) is 0 Å². The van der Waals surface area contributed by atoms with E-state index in [1.165, 1.54) is 23.1 Å². The van der Waals surface area contributed by atoms with Crippen molar-refractivity contribution in [1.29, 1.82) is 0 Å². The van der Waals surface area contributed by atoms with Crippen molar-refractivity contribution >= 4 is 62.3 Å². The molecule has 2 aromatic rings. The maximum atomic E-state index is 13.6. The summed E-state index contributed by atoms with van der Waals surface area (Å²) in [7, 11) is -3.92. The lowest BCUT2D eigenvalue weighted by Gasteiger charge is -2.33. The van der Waals surface area contributed by atoms with Crippen LogP contribution in [0.1, 0.15) is 44.6 Å². The average Bonchev–Trinajstić information content (AvgIpc) is 2.83. The number of carbonyl (C=O) groups excluding carboxylic acids is 2. The highest BCUT2D eigenvalue weighted by Crippen LogP contribution is 2.31. The van der Waals surface area contributed by atoms with Gasteiger partial charge in [0.05, 0.1) is 17.0 Å². The van der Waals surface area contributed by atoms with Gasteiger partial charge in [-0.1, -0.05) is 72.3 Å². The van der Waals surface area contributed by atoms with Gasteiger partial charge >= 0.3 is 0 Å². The SMILES string of the molecule is C[C@@H](C(=O)NC1CCCCC1)N(Cc1ccccc1Cl)C(=O)CN(c1cc(Cl)ccc1Cl)S(C)(=O)=O. The molecule has 0 saturated heterocycles. The summed E-state index contributed by atoms with van der Waals surface area (Å²) in [4.78, 5) is 28.2. The molecule has 0 aliphatic heterocycles. The van der Waals surface area contributed by atoms with E-state index in [-0.39, 0.29) is 34.2 Å². The molecule has 7 nitrogen and oxygen atoms in total. The Morgan fingerprint density at radius 1 is 1.03 bits per heavy atom. The topological polar surface area (TPSA) is 86.8 Å². The van der Waals surface area contributed by atoms with E-state index >= 15 is 0 Å². The lowest BCUT2D eigenvalue weighted by molar-refractivity contribution is -0.139. The molecule has 1 saturated carbocycles. The molecular weight excluding hydrogens is 545 g/mol. The number of rotatable bonds is 9. The number of hydrogen-bond acceptors (Lipinski definition) is 4. The zero-order valence-electron chi connectivity index (χ0n) is 20.2. The molecule has 1 aliphatic carbocycles. The van der Waals surface area contributed by atoms with Crippen LogP contribution in [0.4, 0.5) is 5.69 Å². The predicted molar refractivity (Wildman–Crippen MR) is 145 cm³/mol. The Morgan fingerprint density at radius 3 is 2.33 bits per heavy atom. The van der Waals surface area contributed by atoms with Crippen molar-refractivity contribution in [3.05, 3.63) is 63.1 Å². The summed E-state index contributed by atoms with van der Waals surface area (Å²) in [6, 6.07) is 10.6. The van der Waals surface area contributed by atoms with Crippen molar-refractivity contribution in [2.24, 2.45) is 0 Å². The van der Waals surface area contributed by atoms with Gasteiger partial charge in [0.15, 0.2) is 0 Å². The molecular formula is C25H30Cl3N3O4S. The molecule has 0 heterocycles. The molecule has 196 valence electrons. The molecule has 2 aromatic carbocycles. The van der Waals surface area contributed by atoms with Crippen molar-refractivity contribution in [2.75, 3.05) is 17.1 Å². The van der Waals surface area contributed by atoms with Crippen LogP contribution in [0.15, 0.2) is 42.5 Å². The minimum Gasteiger partial charge on any atom is -0.352 e. The van der Waals surface area contributed by atoms with E-state index in [0.29, 0.717) is 10.6 Å². The first-order chi connectivity index (χ1) is 17.0. The minimum atomic E-state index is -3.92. The number of nitrogens with one attached hydrogen (secondary N) is 1. The van der Waals surface area contributed by atoms with Crippen molar-refractivity contribution in [3.63, 3.8) is 0 Å². The number of carbonyl (C=O) groups is 2. The summed E-state index contributed by atoms with van der Waals surface area (Å²) in [5, 5.41) is 3.88. The molecule has 0 unspecified atom stereocenters. The van der Waals surface area contributed by atoms with Crippen molar-refractivity contribution in [3.8, 4) is 0 Å². The van der Waals surface area contributed by atoms with Crippen molar-refractivity contribution < 1.29 is 18.0 Å². The van der Waals surface area contributed by atoms with Crippen LogP contribution >= 0.6 is 34.8 Å². The van der Waals surface area contributed by atoms with Gasteiger partial charge in [-0.2, -0.15) is 0 Å². The smallest absolute Gasteiger partial charge is 0.244 e. The van der Waals surface area contributed by atoms with Crippen LogP contribution in [0.2, 0.25) is 15.1 Å². The van der Waals surface area contributed by atoms with Gasteiger partial charge in [0.25, 0.3) is 0 Å². The summed E-state index contributed by atoms with van der Waals surface area (Å²) in [6.45, 7) is 1.09. The van der Waals surface area contributed by atoms with E-state index in [4.69, 9.17) is 34.8 Å². The third-order valence-electron chi connectivity index (χ3n) is 6.27. The summed E-state index contributed by atoms with van der Waals surface area (Å²) >= 11 is 18.7. The lowest BCUT2D eigenvalue weighted by Crippen LogP contribution is -2.53. The molecule has 3 rings (SSSR count). The Hall–Kier alpha value is -2.00. The van der Waals surface area contributed by atoms with Gasteiger partial charge in [-0.3, -0.25) is 13.9 Å². The van der Waals surface area contributed by atoms with Crippen LogP contribution in [0.5, 0.6) is 0 Å². The average molecular weight is 575 g/mol. The summed E-state index contributed by atoms with van der Waals surface area (Å²) in [6.07, 6.45) is 6.01. The molecule has 1 atom stereocenters. The summed E-state index contributed by atoms with van der Waals surface area (Å²) < 4.78 is 26.3. The number of nitrogens with zero attached hydrogens (tertiary/aromatic N) is 2. The van der Waals surface area contributed by atoms with E-state index < -0.39 is 28.5 Å². The molecule has 0 bridgehead atoms. The van der Waals surface area contributed by atoms with Gasteiger partial charge in [-0.15, -0.1) is 0 Å². The van der Waals surface area contributed by atoms with Gasteiger partial charge in [-0.25, -0.2) is 8.42 Å². The number of anilines is 1. The Bertz CT molecular complexity index is 1200. The Kier molecular flexibility index (Phi) is 9.92. The van der Waals surface area contributed by atoms with Gasteiger partial charge in [0.2, 0.25) is 21.8 Å². The Morgan fingerprint density at radius 2 is 1.69 bits per heavy atom. The monoisotopic (exact) mass is 573 g/mol. The molecule has 1 aliphatic rings. The first-order valence-electron chi connectivity index (χ1n) is 11.7. The van der Waals surface area contributed by atoms with E-state index in [9.17, 15) is 18.0 Å². The number of amides is 2. The fourth-order valence-electron chi connectivity index (χ4n) is 4.23. The molecule has 11 heteroatoms. The zero-order valence-corrected chi connectivity index (χ0v) is 23.3. The Balaban J connectivity index is 1.91. The van der Waals surface area contributed by atoms with Crippen molar-refractivity contribution in [2.45, 2.75) is 57.7 Å². The van der Waals surface area contributed by atoms with Crippen LogP contribution in [-0.4, -0.2) is 50.0 Å². The summed E-state index contributed by atoms with van der Waals surface area (Å²) in [5.74, 6) is -0.878. The van der Waals surface area contributed by atoms with Gasteiger partial charge in [0.1, 0.15) is 12.6 Å². The fraction of sp³-hybridized carbons (Fsp3) is 0.440. The highest BCUT2D eigenvalue weighted by molar-refractivity contribution is 7.92. The van der Waals surface area contributed by atoms with Crippen LogP contribution in [-0.2, 0) is 26.2 Å². The standard InChI is InChI=1S/C25H30Cl3N3O4S/c1-17(25(33)29-20-9-4-3-5-10-20)30(15-18-8-6-7-11-21(18)27)24(32)16-31(36(2,34)35)23-14-19(26)12-13-22(23)28/h6-8,11-14,17,20H,3-5,9-10,15-16H2,1-2H3,(H,29,33)/t17-/m0/s1. The molecule has 0 aromatic heterocycles. The van der Waals surface area contributed by atoms with Crippen LogP contribution in [0.3, 0.4) is 0 Å². The second-order valence-corrected chi connectivity index (χ2v) is 12.2. The maximum absolute atomic E-state index is 13.6.